The number of aromatic nitrogens is 2. The number of carbonyl (C=O) groups excluding carboxylic acids is 1. The van der Waals surface area contributed by atoms with Crippen LogP contribution >= 0.6 is 0 Å². The maximum absolute atomic E-state index is 13.0. The van der Waals surface area contributed by atoms with Gasteiger partial charge in [0.05, 0.1) is 17.6 Å². The highest BCUT2D eigenvalue weighted by Crippen LogP contribution is 2.33. The zero-order chi connectivity index (χ0) is 22.0. The Balaban J connectivity index is 1.70. The van der Waals surface area contributed by atoms with Crippen molar-refractivity contribution in [1.29, 1.82) is 0 Å². The predicted molar refractivity (Wildman–Crippen MR) is 123 cm³/mol. The van der Waals surface area contributed by atoms with Gasteiger partial charge < -0.3 is 0 Å². The van der Waals surface area contributed by atoms with Gasteiger partial charge in [0.25, 0.3) is 11.5 Å². The lowest BCUT2D eigenvalue weighted by Gasteiger charge is -2.29. The Morgan fingerprint density at radius 1 is 1.06 bits per heavy atom. The second-order valence-electron chi connectivity index (χ2n) is 8.90. The average molecular weight is 415 g/mol. The van der Waals surface area contributed by atoms with Crippen LogP contribution in [-0.4, -0.2) is 21.4 Å². The predicted octanol–water partition coefficient (Wildman–Crippen LogP) is 4.30. The lowest BCUT2D eigenvalue weighted by molar-refractivity contribution is 0.0949. The van der Waals surface area contributed by atoms with Gasteiger partial charge in [0, 0.05) is 5.39 Å². The van der Waals surface area contributed by atoms with E-state index < -0.39 is 5.91 Å². The number of carbonyl (C=O) groups is 1. The van der Waals surface area contributed by atoms with Gasteiger partial charge in [-0.25, -0.2) is 10.1 Å². The molecule has 1 N–H and O–H groups in total. The van der Waals surface area contributed by atoms with Gasteiger partial charge in [-0.1, -0.05) is 68.0 Å². The first-order valence-electron chi connectivity index (χ1n) is 10.4. The van der Waals surface area contributed by atoms with E-state index in [1.807, 2.05) is 36.4 Å². The fraction of sp³-hybridized carbons (Fsp3) is 0.280. The average Bonchev–Trinajstić information content (AvgIpc) is 2.73. The Hall–Kier alpha value is -3.54. The molecular weight excluding hydrogens is 388 g/mol. The summed E-state index contributed by atoms with van der Waals surface area (Å²) in [5.41, 5.74) is 5.73. The van der Waals surface area contributed by atoms with E-state index in [4.69, 9.17) is 0 Å². The number of allylic oxidation sites excluding steroid dienone is 2. The molecule has 1 aromatic heterocycles. The lowest BCUT2D eigenvalue weighted by Crippen LogP contribution is -2.30. The van der Waals surface area contributed by atoms with Crippen molar-refractivity contribution in [2.24, 2.45) is 10.5 Å². The van der Waals surface area contributed by atoms with Crippen molar-refractivity contribution in [3.8, 4) is 0 Å². The van der Waals surface area contributed by atoms with Crippen LogP contribution in [-0.2, 0) is 6.54 Å². The van der Waals surface area contributed by atoms with E-state index >= 15 is 0 Å². The first-order chi connectivity index (χ1) is 14.8. The van der Waals surface area contributed by atoms with Crippen LogP contribution in [0.5, 0.6) is 0 Å². The second-order valence-corrected chi connectivity index (χ2v) is 8.90. The third-order valence-corrected chi connectivity index (χ3v) is 5.39. The number of nitrogens with one attached hydrogen (secondary N) is 1. The minimum atomic E-state index is -0.431. The molecular formula is C25H26N4O2. The number of fused-ring (bicyclic) bond motifs is 1. The van der Waals surface area contributed by atoms with Gasteiger partial charge in [-0.3, -0.25) is 9.59 Å². The fourth-order valence-corrected chi connectivity index (χ4v) is 4.21. The molecule has 31 heavy (non-hydrogen) atoms. The molecule has 6 heteroatoms. The van der Waals surface area contributed by atoms with Gasteiger partial charge in [0.1, 0.15) is 0 Å². The molecule has 4 rings (SSSR count). The summed E-state index contributed by atoms with van der Waals surface area (Å²) in [5.74, 6) is -0.431. The van der Waals surface area contributed by atoms with Crippen LogP contribution < -0.4 is 11.0 Å². The Labute approximate surface area is 181 Å². The lowest BCUT2D eigenvalue weighted by atomic mass is 9.77. The number of hydrogen-bond donors (Lipinski definition) is 1. The summed E-state index contributed by atoms with van der Waals surface area (Å²) in [6, 6.07) is 16.6. The van der Waals surface area contributed by atoms with Gasteiger partial charge in [0.15, 0.2) is 5.69 Å². The Morgan fingerprint density at radius 2 is 1.74 bits per heavy atom. The van der Waals surface area contributed by atoms with Crippen molar-refractivity contribution in [2.45, 2.75) is 40.2 Å². The highest BCUT2D eigenvalue weighted by molar-refractivity contribution is 6.05. The molecule has 158 valence electrons. The molecule has 1 amide bonds. The topological polar surface area (TPSA) is 76.3 Å². The summed E-state index contributed by atoms with van der Waals surface area (Å²) in [5, 5.41) is 9.75. The molecule has 3 aromatic rings. The molecule has 0 atom stereocenters. The highest BCUT2D eigenvalue weighted by atomic mass is 16.2. The first kappa shape index (κ1) is 20.7. The van der Waals surface area contributed by atoms with Gasteiger partial charge in [-0.2, -0.15) is 10.2 Å². The summed E-state index contributed by atoms with van der Waals surface area (Å²) in [4.78, 5) is 26.0. The number of amides is 1. The van der Waals surface area contributed by atoms with E-state index in [0.717, 1.165) is 24.1 Å². The van der Waals surface area contributed by atoms with Crippen LogP contribution in [0.25, 0.3) is 10.8 Å². The molecule has 0 saturated heterocycles. The third-order valence-electron chi connectivity index (χ3n) is 5.39. The SMILES string of the molecule is CC1=C/C(=N/NC(=O)c2nn(Cc3ccccc3)c(=O)c3ccccc23)CC(C)(C)C1. The first-order valence-corrected chi connectivity index (χ1v) is 10.4. The summed E-state index contributed by atoms with van der Waals surface area (Å²) in [6.45, 7) is 6.74. The van der Waals surface area contributed by atoms with Crippen LogP contribution in [0.1, 0.15) is 49.7 Å². The summed E-state index contributed by atoms with van der Waals surface area (Å²) < 4.78 is 1.34. The molecule has 1 heterocycles. The van der Waals surface area contributed by atoms with E-state index in [1.54, 1.807) is 24.3 Å². The molecule has 1 aliphatic rings. The smallest absolute Gasteiger partial charge is 0.267 e. The fourth-order valence-electron chi connectivity index (χ4n) is 4.21. The normalized spacial score (nSPS) is 16.9. The number of rotatable bonds is 4. The van der Waals surface area contributed by atoms with Crippen LogP contribution in [0.15, 0.2) is 76.1 Å². The Bertz CT molecular complexity index is 1250. The third kappa shape index (κ3) is 4.63. The van der Waals surface area contributed by atoms with Gasteiger partial charge >= 0.3 is 0 Å². The van der Waals surface area contributed by atoms with Crippen LogP contribution in [0.3, 0.4) is 0 Å². The zero-order valence-corrected chi connectivity index (χ0v) is 18.1. The van der Waals surface area contributed by atoms with E-state index in [9.17, 15) is 9.59 Å². The second kappa shape index (κ2) is 8.30. The van der Waals surface area contributed by atoms with Crippen LogP contribution in [0, 0.1) is 5.41 Å². The Morgan fingerprint density at radius 3 is 2.45 bits per heavy atom. The highest BCUT2D eigenvalue weighted by Gasteiger charge is 2.25. The molecule has 0 bridgehead atoms. The maximum Gasteiger partial charge on any atom is 0.292 e. The van der Waals surface area contributed by atoms with Crippen molar-refractivity contribution in [3.05, 3.63) is 87.9 Å². The largest absolute Gasteiger partial charge is 0.292 e. The van der Waals surface area contributed by atoms with E-state index in [1.165, 1.54) is 10.3 Å². The van der Waals surface area contributed by atoms with E-state index in [0.29, 0.717) is 10.8 Å². The molecule has 1 aliphatic carbocycles. The van der Waals surface area contributed by atoms with Crippen molar-refractivity contribution >= 4 is 22.4 Å². The monoisotopic (exact) mass is 414 g/mol. The maximum atomic E-state index is 13.0. The van der Waals surface area contributed by atoms with Gasteiger partial charge in [0.2, 0.25) is 0 Å². The van der Waals surface area contributed by atoms with Crippen molar-refractivity contribution in [2.75, 3.05) is 0 Å². The minimum Gasteiger partial charge on any atom is -0.267 e. The van der Waals surface area contributed by atoms with E-state index in [-0.39, 0.29) is 23.2 Å². The Kier molecular flexibility index (Phi) is 5.55. The number of nitrogens with zero attached hydrogens (tertiary/aromatic N) is 3. The minimum absolute atomic E-state index is 0.107. The molecule has 6 nitrogen and oxygen atoms in total. The number of benzene rings is 2. The quantitative estimate of drug-likeness (QED) is 0.647. The summed E-state index contributed by atoms with van der Waals surface area (Å²) in [7, 11) is 0. The molecule has 0 fully saturated rings. The van der Waals surface area contributed by atoms with Crippen molar-refractivity contribution in [1.82, 2.24) is 15.2 Å². The molecule has 0 radical (unpaired) electrons. The number of hydrogen-bond acceptors (Lipinski definition) is 4. The van der Waals surface area contributed by atoms with Crippen LogP contribution in [0.2, 0.25) is 0 Å². The van der Waals surface area contributed by atoms with Crippen molar-refractivity contribution in [3.63, 3.8) is 0 Å². The molecule has 2 aromatic carbocycles. The van der Waals surface area contributed by atoms with Crippen molar-refractivity contribution < 1.29 is 4.79 Å². The zero-order valence-electron chi connectivity index (χ0n) is 18.1. The molecule has 0 spiro atoms. The molecule has 0 aliphatic heterocycles. The van der Waals surface area contributed by atoms with E-state index in [2.05, 4.69) is 36.4 Å². The van der Waals surface area contributed by atoms with Gasteiger partial charge in [-0.05, 0) is 42.9 Å². The number of hydrazone groups is 1. The van der Waals surface area contributed by atoms with Gasteiger partial charge in [-0.15, -0.1) is 0 Å². The molecule has 0 unspecified atom stereocenters. The molecule has 0 saturated carbocycles. The summed E-state index contributed by atoms with van der Waals surface area (Å²) >= 11 is 0. The standard InChI is InChI=1S/C25H26N4O2/c1-17-13-19(15-25(2,3)14-17)26-27-23(30)22-20-11-7-8-12-21(20)24(31)29(28-22)16-18-9-5-4-6-10-18/h4-13H,14-16H2,1-3H3,(H,27,30)/b26-19-. The summed E-state index contributed by atoms with van der Waals surface area (Å²) in [6.07, 6.45) is 3.82. The van der Waals surface area contributed by atoms with Crippen LogP contribution in [0.4, 0.5) is 0 Å².